The maximum Gasteiger partial charge on any atom is 0.321 e. The lowest BCUT2D eigenvalue weighted by Crippen LogP contribution is -2.45. The molecular weight excluding hydrogens is 252 g/mol. The normalized spacial score (nSPS) is 16.1. The van der Waals surface area contributed by atoms with E-state index in [2.05, 4.69) is 10.5 Å². The second kappa shape index (κ2) is 5.05. The minimum atomic E-state index is -0.527. The number of fused-ring (bicyclic) bond motifs is 1. The van der Waals surface area contributed by atoms with Gasteiger partial charge in [-0.15, -0.1) is 0 Å². The molecule has 1 aliphatic rings. The Balaban J connectivity index is 2.06. The van der Waals surface area contributed by atoms with Crippen LogP contribution >= 0.6 is 0 Å². The first-order valence-electron chi connectivity index (χ1n) is 6.28. The number of primary amides is 1. The van der Waals surface area contributed by atoms with Crippen LogP contribution in [0.3, 0.4) is 0 Å². The van der Waals surface area contributed by atoms with E-state index in [-0.39, 0.29) is 0 Å². The first kappa shape index (κ1) is 12.2. The summed E-state index contributed by atoms with van der Waals surface area (Å²) in [5.74, 6) is 0. The summed E-state index contributed by atoms with van der Waals surface area (Å²) < 4.78 is 0. The van der Waals surface area contributed by atoms with Crippen LogP contribution < -0.4 is 16.1 Å². The Kier molecular flexibility index (Phi) is 3.09. The van der Waals surface area contributed by atoms with Gasteiger partial charge in [-0.25, -0.2) is 4.79 Å². The Bertz CT molecular complexity index is 654. The van der Waals surface area contributed by atoms with Gasteiger partial charge in [0.05, 0.1) is 6.21 Å². The highest BCUT2D eigenvalue weighted by Crippen LogP contribution is 2.28. The molecule has 1 atom stereocenters. The summed E-state index contributed by atoms with van der Waals surface area (Å²) in [7, 11) is 0. The molecule has 5 nitrogen and oxygen atoms in total. The van der Waals surface area contributed by atoms with Crippen molar-refractivity contribution < 1.29 is 4.79 Å². The van der Waals surface area contributed by atoms with E-state index in [9.17, 15) is 4.79 Å². The van der Waals surface area contributed by atoms with Gasteiger partial charge in [-0.1, -0.05) is 42.5 Å². The second-order valence-corrected chi connectivity index (χ2v) is 4.46. The number of para-hydroxylation sites is 1. The van der Waals surface area contributed by atoms with E-state index in [0.29, 0.717) is 0 Å². The van der Waals surface area contributed by atoms with Crippen LogP contribution in [0.25, 0.3) is 0 Å². The Labute approximate surface area is 116 Å². The molecule has 2 amide bonds. The Morgan fingerprint density at radius 1 is 1.10 bits per heavy atom. The Morgan fingerprint density at radius 3 is 2.55 bits per heavy atom. The van der Waals surface area contributed by atoms with Crippen molar-refractivity contribution in [2.45, 2.75) is 6.17 Å². The summed E-state index contributed by atoms with van der Waals surface area (Å²) in [6.07, 6.45) is 1.33. The van der Waals surface area contributed by atoms with E-state index >= 15 is 0 Å². The molecule has 0 bridgehead atoms. The van der Waals surface area contributed by atoms with Crippen molar-refractivity contribution in [2.24, 2.45) is 10.8 Å². The molecule has 100 valence electrons. The number of hydrogen-bond acceptors (Lipinski definition) is 3. The number of benzene rings is 2. The molecule has 0 aliphatic carbocycles. The Hall–Kier alpha value is -2.82. The highest BCUT2D eigenvalue weighted by atomic mass is 16.2. The van der Waals surface area contributed by atoms with Gasteiger partial charge in [0.1, 0.15) is 0 Å². The maximum absolute atomic E-state index is 11.9. The number of hydrogen-bond donors (Lipinski definition) is 2. The highest BCUT2D eigenvalue weighted by Gasteiger charge is 2.27. The average Bonchev–Trinajstić information content (AvgIpc) is 2.48. The third kappa shape index (κ3) is 2.09. The second-order valence-electron chi connectivity index (χ2n) is 4.46. The first-order chi connectivity index (χ1) is 9.77. The van der Waals surface area contributed by atoms with Crippen molar-refractivity contribution >= 4 is 17.9 Å². The fourth-order valence-corrected chi connectivity index (χ4v) is 2.31. The number of hydrazone groups is 1. The van der Waals surface area contributed by atoms with Crippen molar-refractivity contribution in [2.75, 3.05) is 4.90 Å². The molecule has 1 heterocycles. The van der Waals surface area contributed by atoms with E-state index in [0.717, 1.165) is 16.8 Å². The summed E-state index contributed by atoms with van der Waals surface area (Å²) in [5.41, 5.74) is 11.2. The number of carbonyl (C=O) groups excluding carboxylic acids is 1. The van der Waals surface area contributed by atoms with Crippen LogP contribution in [0.5, 0.6) is 0 Å². The van der Waals surface area contributed by atoms with Gasteiger partial charge in [0.15, 0.2) is 6.17 Å². The fraction of sp³-hybridized carbons (Fsp3) is 0.0667. The molecule has 0 fully saturated rings. The number of urea groups is 1. The average molecular weight is 266 g/mol. The lowest BCUT2D eigenvalue weighted by Gasteiger charge is -2.32. The van der Waals surface area contributed by atoms with Crippen molar-refractivity contribution in [3.05, 3.63) is 65.7 Å². The molecule has 2 aromatic carbocycles. The Morgan fingerprint density at radius 2 is 1.80 bits per heavy atom. The van der Waals surface area contributed by atoms with Gasteiger partial charge in [0, 0.05) is 16.8 Å². The number of nitrogens with one attached hydrogen (secondary N) is 1. The summed E-state index contributed by atoms with van der Waals surface area (Å²) >= 11 is 0. The van der Waals surface area contributed by atoms with Crippen molar-refractivity contribution in [1.82, 2.24) is 5.43 Å². The predicted molar refractivity (Wildman–Crippen MR) is 78.4 cm³/mol. The monoisotopic (exact) mass is 266 g/mol. The summed E-state index contributed by atoms with van der Waals surface area (Å²) in [6, 6.07) is 16.5. The quantitative estimate of drug-likeness (QED) is 0.874. The first-order valence-corrected chi connectivity index (χ1v) is 6.28. The number of carbonyl (C=O) groups is 1. The summed E-state index contributed by atoms with van der Waals surface area (Å²) in [5, 5.41) is 4.10. The largest absolute Gasteiger partial charge is 0.351 e. The molecule has 3 rings (SSSR count). The maximum atomic E-state index is 11.9. The van der Waals surface area contributed by atoms with Gasteiger partial charge in [0.2, 0.25) is 0 Å². The molecular formula is C15H14N4O. The minimum Gasteiger partial charge on any atom is -0.351 e. The molecule has 5 heteroatoms. The molecule has 1 aliphatic heterocycles. The summed E-state index contributed by atoms with van der Waals surface area (Å²) in [6.45, 7) is 0. The molecule has 1 unspecified atom stereocenters. The molecule has 20 heavy (non-hydrogen) atoms. The van der Waals surface area contributed by atoms with Gasteiger partial charge in [0.25, 0.3) is 0 Å². The number of nitrogens with two attached hydrogens (primary N) is 1. The van der Waals surface area contributed by atoms with Crippen LogP contribution in [0.15, 0.2) is 59.7 Å². The third-order valence-corrected chi connectivity index (χ3v) is 3.22. The number of amides is 2. The van der Waals surface area contributed by atoms with Crippen LogP contribution in [0, 0.1) is 0 Å². The summed E-state index contributed by atoms with van der Waals surface area (Å²) in [4.78, 5) is 13.4. The lowest BCUT2D eigenvalue weighted by molar-refractivity contribution is 0.250. The molecule has 0 saturated carbocycles. The van der Waals surface area contributed by atoms with E-state index in [1.54, 1.807) is 6.21 Å². The van der Waals surface area contributed by atoms with Crippen molar-refractivity contribution in [3.63, 3.8) is 0 Å². The van der Waals surface area contributed by atoms with Crippen LogP contribution in [0.1, 0.15) is 17.3 Å². The van der Waals surface area contributed by atoms with Crippen LogP contribution in [-0.2, 0) is 0 Å². The zero-order valence-corrected chi connectivity index (χ0v) is 10.7. The molecule has 0 radical (unpaired) electrons. The van der Waals surface area contributed by atoms with E-state index in [1.165, 1.54) is 4.90 Å². The smallest absolute Gasteiger partial charge is 0.321 e. The molecule has 0 spiro atoms. The van der Waals surface area contributed by atoms with Gasteiger partial charge < -0.3 is 5.73 Å². The van der Waals surface area contributed by atoms with Gasteiger partial charge in [-0.3, -0.25) is 10.3 Å². The van der Waals surface area contributed by atoms with Gasteiger partial charge >= 0.3 is 6.03 Å². The lowest BCUT2D eigenvalue weighted by atomic mass is 10.0. The van der Waals surface area contributed by atoms with Gasteiger partial charge in [-0.2, -0.15) is 5.10 Å². The molecule has 2 aromatic rings. The molecule has 3 N–H and O–H groups in total. The van der Waals surface area contributed by atoms with Crippen LogP contribution in [0.2, 0.25) is 0 Å². The zero-order chi connectivity index (χ0) is 13.9. The third-order valence-electron chi connectivity index (χ3n) is 3.22. The molecule has 0 saturated heterocycles. The van der Waals surface area contributed by atoms with Crippen molar-refractivity contribution in [3.8, 4) is 0 Å². The number of rotatable bonds is 2. The number of nitrogens with zero attached hydrogens (tertiary/aromatic N) is 2. The highest BCUT2D eigenvalue weighted by molar-refractivity contribution is 5.93. The topological polar surface area (TPSA) is 70.7 Å². The standard InChI is InChI=1S/C15H14N4O/c16-15(20)19(12-7-2-1-3-8-12)14-13-9-5-4-6-11(13)10-17-18-14/h1-10,14,18H,(H2,16,20). The van der Waals surface area contributed by atoms with Gasteiger partial charge in [-0.05, 0) is 12.1 Å². The SMILES string of the molecule is NC(=O)N(c1ccccc1)C1NN=Cc2ccccc21. The minimum absolute atomic E-state index is 0.406. The van der Waals surface area contributed by atoms with E-state index in [1.807, 2.05) is 54.6 Å². The predicted octanol–water partition coefficient (Wildman–Crippen LogP) is 2.21. The van der Waals surface area contributed by atoms with E-state index < -0.39 is 12.2 Å². The van der Waals surface area contributed by atoms with E-state index in [4.69, 9.17) is 5.73 Å². The van der Waals surface area contributed by atoms with Crippen molar-refractivity contribution in [1.29, 1.82) is 0 Å². The molecule has 0 aromatic heterocycles. The van der Waals surface area contributed by atoms with Crippen LogP contribution in [0.4, 0.5) is 10.5 Å². The fourth-order valence-electron chi connectivity index (χ4n) is 2.31. The van der Waals surface area contributed by atoms with Crippen LogP contribution in [-0.4, -0.2) is 12.2 Å². The number of anilines is 1. The zero-order valence-electron chi connectivity index (χ0n) is 10.7.